The van der Waals surface area contributed by atoms with E-state index in [9.17, 15) is 0 Å². The Bertz CT molecular complexity index is 150. The summed E-state index contributed by atoms with van der Waals surface area (Å²) in [5.41, 5.74) is 0. The summed E-state index contributed by atoms with van der Waals surface area (Å²) in [6.45, 7) is 0. The van der Waals surface area contributed by atoms with Gasteiger partial charge >= 0.3 is 0 Å². The summed E-state index contributed by atoms with van der Waals surface area (Å²) in [5.74, 6) is 0. The smallest absolute Gasteiger partial charge is 0.169 e. The Hall–Kier alpha value is 0.610. The third-order valence-corrected chi connectivity index (χ3v) is 1.66. The Kier molecular flexibility index (Phi) is 4.73. The number of halogens is 2. The molecular weight excluding hydrogens is 340 g/mol. The number of aromatic nitrogens is 1. The van der Waals surface area contributed by atoms with E-state index in [4.69, 9.17) is 0 Å². The zero-order valence-corrected chi connectivity index (χ0v) is 9.33. The molecule has 0 bridgehead atoms. The van der Waals surface area contributed by atoms with Gasteiger partial charge in [-0.2, -0.15) is 0 Å². The summed E-state index contributed by atoms with van der Waals surface area (Å²) in [4.78, 5) is 0. The molecule has 0 unspecified atom stereocenters. The second-order valence-electron chi connectivity index (χ2n) is 1.68. The van der Waals surface area contributed by atoms with Crippen LogP contribution in [0.1, 0.15) is 0 Å². The van der Waals surface area contributed by atoms with Gasteiger partial charge in [0, 0.05) is 15.7 Å². The number of nitrogens with zero attached hydrogens (tertiary/aromatic N) is 1. The standard InChI is InChI=1S/C6H7IN.HI/c1-8-4-2-6(7)3-5-8;/h2-5H,1H3;1H/q+1;/p-1. The molecule has 50 valence electrons. The first kappa shape index (κ1) is 9.61. The first-order valence-corrected chi connectivity index (χ1v) is 3.48. The number of pyridine rings is 1. The molecule has 1 aromatic rings. The highest BCUT2D eigenvalue weighted by molar-refractivity contribution is 14.1. The molecule has 9 heavy (non-hydrogen) atoms. The van der Waals surface area contributed by atoms with Gasteiger partial charge in [0.2, 0.25) is 0 Å². The lowest BCUT2D eigenvalue weighted by atomic mass is 10.5. The molecule has 1 heterocycles. The molecule has 0 amide bonds. The molecule has 0 atom stereocenters. The van der Waals surface area contributed by atoms with Crippen LogP contribution in [0.5, 0.6) is 0 Å². The van der Waals surface area contributed by atoms with Gasteiger partial charge in [0.05, 0.1) is 0 Å². The predicted octanol–water partition coefficient (Wildman–Crippen LogP) is -1.88. The van der Waals surface area contributed by atoms with E-state index in [1.165, 1.54) is 3.57 Å². The number of rotatable bonds is 0. The maximum atomic E-state index is 2.28. The fraction of sp³-hybridized carbons (Fsp3) is 0.167. The van der Waals surface area contributed by atoms with E-state index in [1.807, 2.05) is 24.0 Å². The van der Waals surface area contributed by atoms with Gasteiger partial charge in [-0.15, -0.1) is 0 Å². The third-order valence-electron chi connectivity index (χ3n) is 0.938. The second kappa shape index (κ2) is 4.43. The topological polar surface area (TPSA) is 3.88 Å². The van der Waals surface area contributed by atoms with Gasteiger partial charge in [-0.05, 0) is 22.6 Å². The third kappa shape index (κ3) is 3.34. The molecule has 0 aliphatic heterocycles. The van der Waals surface area contributed by atoms with Crippen LogP contribution in [-0.4, -0.2) is 0 Å². The average Bonchev–Trinajstić information content (AvgIpc) is 1.77. The van der Waals surface area contributed by atoms with Crippen molar-refractivity contribution in [1.29, 1.82) is 0 Å². The Morgan fingerprint density at radius 2 is 1.78 bits per heavy atom. The van der Waals surface area contributed by atoms with Crippen molar-refractivity contribution in [1.82, 2.24) is 0 Å². The van der Waals surface area contributed by atoms with Gasteiger partial charge in [0.25, 0.3) is 0 Å². The lowest BCUT2D eigenvalue weighted by Gasteiger charge is -1.83. The van der Waals surface area contributed by atoms with Crippen LogP contribution in [0.3, 0.4) is 0 Å². The molecule has 1 rings (SSSR count). The number of hydrogen-bond donors (Lipinski definition) is 0. The maximum absolute atomic E-state index is 2.28. The van der Waals surface area contributed by atoms with Crippen LogP contribution in [0.2, 0.25) is 0 Å². The summed E-state index contributed by atoms with van der Waals surface area (Å²) in [5, 5.41) is 0. The SMILES string of the molecule is C[n+]1ccc(I)cc1.[I-]. The molecule has 0 N–H and O–H groups in total. The molecule has 0 aromatic carbocycles. The maximum Gasteiger partial charge on any atom is 0.169 e. The van der Waals surface area contributed by atoms with Crippen LogP contribution in [0, 0.1) is 3.57 Å². The van der Waals surface area contributed by atoms with Crippen LogP contribution in [0.25, 0.3) is 0 Å². The van der Waals surface area contributed by atoms with E-state index in [1.54, 1.807) is 0 Å². The molecule has 0 aliphatic rings. The van der Waals surface area contributed by atoms with Gasteiger partial charge in [0.15, 0.2) is 12.4 Å². The van der Waals surface area contributed by atoms with Crippen molar-refractivity contribution < 1.29 is 28.5 Å². The fourth-order valence-electron chi connectivity index (χ4n) is 0.483. The van der Waals surface area contributed by atoms with Crippen molar-refractivity contribution >= 4 is 22.6 Å². The zero-order valence-electron chi connectivity index (χ0n) is 5.01. The minimum absolute atomic E-state index is 0. The highest BCUT2D eigenvalue weighted by atomic mass is 127. The van der Waals surface area contributed by atoms with Crippen LogP contribution in [0.15, 0.2) is 24.5 Å². The lowest BCUT2D eigenvalue weighted by molar-refractivity contribution is -0.671. The van der Waals surface area contributed by atoms with Gasteiger partial charge in [0.1, 0.15) is 7.05 Å². The van der Waals surface area contributed by atoms with Crippen LogP contribution in [0.4, 0.5) is 0 Å². The minimum Gasteiger partial charge on any atom is -1.00 e. The van der Waals surface area contributed by atoms with Gasteiger partial charge in [-0.25, -0.2) is 4.57 Å². The first-order chi connectivity index (χ1) is 3.79. The highest BCUT2D eigenvalue weighted by Crippen LogP contribution is 1.97. The first-order valence-electron chi connectivity index (χ1n) is 2.40. The van der Waals surface area contributed by atoms with E-state index in [0.29, 0.717) is 0 Å². The molecule has 1 nitrogen and oxygen atoms in total. The second-order valence-corrected chi connectivity index (χ2v) is 2.93. The van der Waals surface area contributed by atoms with Crippen molar-refractivity contribution in [2.24, 2.45) is 7.05 Å². The molecule has 0 saturated carbocycles. The summed E-state index contributed by atoms with van der Waals surface area (Å²) in [6, 6.07) is 4.14. The molecule has 0 radical (unpaired) electrons. The normalized spacial score (nSPS) is 8.22. The summed E-state index contributed by atoms with van der Waals surface area (Å²) in [6.07, 6.45) is 4.06. The quantitative estimate of drug-likeness (QED) is 0.382. The van der Waals surface area contributed by atoms with E-state index < -0.39 is 0 Å². The number of aryl methyl sites for hydroxylation is 1. The summed E-state index contributed by atoms with van der Waals surface area (Å²) in [7, 11) is 2.01. The number of hydrogen-bond acceptors (Lipinski definition) is 0. The van der Waals surface area contributed by atoms with Crippen molar-refractivity contribution in [3.8, 4) is 0 Å². The monoisotopic (exact) mass is 347 g/mol. The Balaban J connectivity index is 0.000000640. The van der Waals surface area contributed by atoms with E-state index in [-0.39, 0.29) is 24.0 Å². The molecule has 0 aliphatic carbocycles. The van der Waals surface area contributed by atoms with Crippen molar-refractivity contribution in [3.05, 3.63) is 28.1 Å². The Morgan fingerprint density at radius 3 is 2.11 bits per heavy atom. The summed E-state index contributed by atoms with van der Waals surface area (Å²) >= 11 is 2.28. The van der Waals surface area contributed by atoms with Gasteiger partial charge in [-0.3, -0.25) is 0 Å². The zero-order chi connectivity index (χ0) is 5.98. The molecule has 0 spiro atoms. The minimum atomic E-state index is 0. The average molecular weight is 347 g/mol. The molecule has 1 aromatic heterocycles. The van der Waals surface area contributed by atoms with E-state index >= 15 is 0 Å². The van der Waals surface area contributed by atoms with Crippen molar-refractivity contribution in [2.75, 3.05) is 0 Å². The predicted molar refractivity (Wildman–Crippen MR) is 40.3 cm³/mol. The van der Waals surface area contributed by atoms with Crippen LogP contribution >= 0.6 is 22.6 Å². The molecule has 0 saturated heterocycles. The van der Waals surface area contributed by atoms with Crippen LogP contribution in [-0.2, 0) is 7.05 Å². The van der Waals surface area contributed by atoms with Crippen LogP contribution < -0.4 is 28.5 Å². The Morgan fingerprint density at radius 1 is 1.33 bits per heavy atom. The van der Waals surface area contributed by atoms with Crippen molar-refractivity contribution in [3.63, 3.8) is 0 Å². The van der Waals surface area contributed by atoms with E-state index in [2.05, 4.69) is 34.7 Å². The fourth-order valence-corrected chi connectivity index (χ4v) is 0.804. The lowest BCUT2D eigenvalue weighted by Crippen LogP contribution is -3.00. The molecule has 3 heteroatoms. The van der Waals surface area contributed by atoms with Gasteiger partial charge in [-0.1, -0.05) is 0 Å². The van der Waals surface area contributed by atoms with E-state index in [0.717, 1.165) is 0 Å². The molecule has 0 fully saturated rings. The summed E-state index contributed by atoms with van der Waals surface area (Å²) < 4.78 is 3.29. The highest BCUT2D eigenvalue weighted by Gasteiger charge is 1.87. The van der Waals surface area contributed by atoms with Gasteiger partial charge < -0.3 is 24.0 Å². The van der Waals surface area contributed by atoms with Crippen molar-refractivity contribution in [2.45, 2.75) is 0 Å². The largest absolute Gasteiger partial charge is 1.00 e. The Labute approximate surface area is 85.6 Å². The molecular formula is C6H7I2N.